The Hall–Kier alpha value is -0.800. The van der Waals surface area contributed by atoms with Gasteiger partial charge >= 0.3 is 0 Å². The second kappa shape index (κ2) is 7.51. The van der Waals surface area contributed by atoms with E-state index in [0.29, 0.717) is 6.42 Å². The predicted octanol–water partition coefficient (Wildman–Crippen LogP) is 3.21. The molecule has 0 spiro atoms. The van der Waals surface area contributed by atoms with Crippen LogP contribution in [-0.2, 0) is 11.3 Å². The molecule has 0 aliphatic carbocycles. The van der Waals surface area contributed by atoms with Crippen LogP contribution in [0, 0.1) is 0 Å². The minimum Gasteiger partial charge on any atom is -0.302 e. The third kappa shape index (κ3) is 5.89. The van der Waals surface area contributed by atoms with Crippen LogP contribution in [0.15, 0.2) is 29.2 Å². The molecule has 0 fully saturated rings. The molecule has 0 amide bonds. The summed E-state index contributed by atoms with van der Waals surface area (Å²) in [6, 6.07) is 8.66. The zero-order valence-corrected chi connectivity index (χ0v) is 11.7. The van der Waals surface area contributed by atoms with E-state index >= 15 is 0 Å². The number of Topliss-reactive ketones (excluding diaryl/α,β-unsaturated/α-hetero) is 1. The highest BCUT2D eigenvalue weighted by Crippen LogP contribution is 2.15. The highest BCUT2D eigenvalue weighted by atomic mass is 32.2. The maximum Gasteiger partial charge on any atom is 0.129 e. The molecule has 17 heavy (non-hydrogen) atoms. The van der Waals surface area contributed by atoms with Crippen LogP contribution in [0.2, 0.25) is 0 Å². The minimum absolute atomic E-state index is 0.280. The second-order valence-corrected chi connectivity index (χ2v) is 5.27. The molecule has 0 unspecified atom stereocenters. The van der Waals surface area contributed by atoms with Crippen molar-refractivity contribution in [2.24, 2.45) is 0 Å². The molecule has 1 rings (SSSR count). The molecule has 0 aliphatic rings. The van der Waals surface area contributed by atoms with Crippen molar-refractivity contribution in [2.75, 3.05) is 19.8 Å². The minimum atomic E-state index is 0.280. The topological polar surface area (TPSA) is 20.3 Å². The molecule has 0 saturated heterocycles. The number of carbonyl (C=O) groups is 1. The quantitative estimate of drug-likeness (QED) is 0.694. The number of hydrogen-bond acceptors (Lipinski definition) is 3. The van der Waals surface area contributed by atoms with E-state index in [1.165, 1.54) is 10.5 Å². The fraction of sp³-hybridized carbons (Fsp3) is 0.500. The number of hydrogen-bond donors (Lipinski definition) is 0. The Labute approximate surface area is 108 Å². The SMILES string of the molecule is CSc1ccc(CN(C)CCCC(C)=O)cc1. The molecule has 0 heterocycles. The molecule has 0 bridgehead atoms. The van der Waals surface area contributed by atoms with Crippen molar-refractivity contribution >= 4 is 17.5 Å². The molecule has 94 valence electrons. The Morgan fingerprint density at radius 2 is 1.94 bits per heavy atom. The lowest BCUT2D eigenvalue weighted by molar-refractivity contribution is -0.117. The first-order valence-corrected chi connectivity index (χ1v) is 7.15. The molecule has 3 heteroatoms. The van der Waals surface area contributed by atoms with E-state index in [2.05, 4.69) is 42.5 Å². The number of nitrogens with zero attached hydrogens (tertiary/aromatic N) is 1. The molecular formula is C14H21NOS. The summed E-state index contributed by atoms with van der Waals surface area (Å²) in [5.74, 6) is 0.280. The molecule has 2 nitrogen and oxygen atoms in total. The summed E-state index contributed by atoms with van der Waals surface area (Å²) >= 11 is 1.76. The van der Waals surface area contributed by atoms with Crippen LogP contribution in [-0.4, -0.2) is 30.5 Å². The first-order valence-electron chi connectivity index (χ1n) is 5.92. The van der Waals surface area contributed by atoms with Gasteiger partial charge in [-0.15, -0.1) is 11.8 Å². The van der Waals surface area contributed by atoms with E-state index in [-0.39, 0.29) is 5.78 Å². The van der Waals surface area contributed by atoms with E-state index in [1.807, 2.05) is 0 Å². The van der Waals surface area contributed by atoms with E-state index in [1.54, 1.807) is 18.7 Å². The van der Waals surface area contributed by atoms with Crippen molar-refractivity contribution in [3.8, 4) is 0 Å². The molecule has 0 aliphatic heterocycles. The number of carbonyl (C=O) groups excluding carboxylic acids is 1. The van der Waals surface area contributed by atoms with Gasteiger partial charge in [0.2, 0.25) is 0 Å². The molecule has 0 aromatic heterocycles. The normalized spacial score (nSPS) is 10.8. The fourth-order valence-corrected chi connectivity index (χ4v) is 2.13. The van der Waals surface area contributed by atoms with Crippen molar-refractivity contribution in [1.29, 1.82) is 0 Å². The Morgan fingerprint density at radius 1 is 1.29 bits per heavy atom. The van der Waals surface area contributed by atoms with Crippen LogP contribution in [0.25, 0.3) is 0 Å². The zero-order valence-electron chi connectivity index (χ0n) is 10.9. The van der Waals surface area contributed by atoms with E-state index in [9.17, 15) is 4.79 Å². The smallest absolute Gasteiger partial charge is 0.129 e. The highest BCUT2D eigenvalue weighted by Gasteiger charge is 2.01. The maximum atomic E-state index is 10.8. The third-order valence-electron chi connectivity index (χ3n) is 2.68. The van der Waals surface area contributed by atoms with Crippen LogP contribution >= 0.6 is 11.8 Å². The van der Waals surface area contributed by atoms with Gasteiger partial charge in [-0.1, -0.05) is 12.1 Å². The zero-order chi connectivity index (χ0) is 12.7. The Balaban J connectivity index is 2.34. The predicted molar refractivity (Wildman–Crippen MR) is 74.5 cm³/mol. The van der Waals surface area contributed by atoms with Gasteiger partial charge in [0.05, 0.1) is 0 Å². The van der Waals surface area contributed by atoms with Gasteiger partial charge in [-0.25, -0.2) is 0 Å². The Morgan fingerprint density at radius 3 is 2.47 bits per heavy atom. The standard InChI is InChI=1S/C14H21NOS/c1-12(16)5-4-10-15(2)11-13-6-8-14(17-3)9-7-13/h6-9H,4-5,10-11H2,1-3H3. The lowest BCUT2D eigenvalue weighted by Crippen LogP contribution is -2.19. The molecule has 0 saturated carbocycles. The highest BCUT2D eigenvalue weighted by molar-refractivity contribution is 7.98. The lowest BCUT2D eigenvalue weighted by atomic mass is 10.2. The summed E-state index contributed by atoms with van der Waals surface area (Å²) in [7, 11) is 2.10. The number of rotatable bonds is 7. The summed E-state index contributed by atoms with van der Waals surface area (Å²) < 4.78 is 0. The molecule has 0 atom stereocenters. The molecule has 0 radical (unpaired) electrons. The van der Waals surface area contributed by atoms with Crippen molar-refractivity contribution in [1.82, 2.24) is 4.90 Å². The largest absolute Gasteiger partial charge is 0.302 e. The van der Waals surface area contributed by atoms with E-state index < -0.39 is 0 Å². The van der Waals surface area contributed by atoms with E-state index in [0.717, 1.165) is 19.5 Å². The molecule has 0 N–H and O–H groups in total. The van der Waals surface area contributed by atoms with Gasteiger partial charge in [0, 0.05) is 17.9 Å². The summed E-state index contributed by atoms with van der Waals surface area (Å²) in [5, 5.41) is 0. The van der Waals surface area contributed by atoms with Crippen molar-refractivity contribution in [2.45, 2.75) is 31.2 Å². The van der Waals surface area contributed by atoms with Gasteiger partial charge in [0.1, 0.15) is 5.78 Å². The van der Waals surface area contributed by atoms with Gasteiger partial charge < -0.3 is 9.69 Å². The second-order valence-electron chi connectivity index (χ2n) is 4.39. The summed E-state index contributed by atoms with van der Waals surface area (Å²) in [6.07, 6.45) is 3.73. The summed E-state index contributed by atoms with van der Waals surface area (Å²) in [4.78, 5) is 14.4. The molecule has 1 aromatic rings. The average Bonchev–Trinajstić information content (AvgIpc) is 2.29. The number of ketones is 1. The van der Waals surface area contributed by atoms with Gasteiger partial charge in [0.15, 0.2) is 0 Å². The van der Waals surface area contributed by atoms with Gasteiger partial charge in [-0.3, -0.25) is 0 Å². The van der Waals surface area contributed by atoms with Gasteiger partial charge in [-0.2, -0.15) is 0 Å². The van der Waals surface area contributed by atoms with Crippen LogP contribution < -0.4 is 0 Å². The lowest BCUT2D eigenvalue weighted by Gasteiger charge is -2.16. The van der Waals surface area contributed by atoms with Gasteiger partial charge in [0.25, 0.3) is 0 Å². The number of benzene rings is 1. The maximum absolute atomic E-state index is 10.8. The van der Waals surface area contributed by atoms with Crippen LogP contribution in [0.1, 0.15) is 25.3 Å². The van der Waals surface area contributed by atoms with Crippen LogP contribution in [0.3, 0.4) is 0 Å². The first kappa shape index (κ1) is 14.3. The van der Waals surface area contributed by atoms with Gasteiger partial charge in [-0.05, 0) is 50.9 Å². The average molecular weight is 251 g/mol. The molecule has 1 aromatic carbocycles. The summed E-state index contributed by atoms with van der Waals surface area (Å²) in [5.41, 5.74) is 1.33. The van der Waals surface area contributed by atoms with Crippen molar-refractivity contribution in [3.05, 3.63) is 29.8 Å². The summed E-state index contributed by atoms with van der Waals surface area (Å²) in [6.45, 7) is 3.58. The first-order chi connectivity index (χ1) is 8.11. The Bertz CT molecular complexity index is 348. The third-order valence-corrected chi connectivity index (χ3v) is 3.42. The van der Waals surface area contributed by atoms with Crippen LogP contribution in [0.5, 0.6) is 0 Å². The van der Waals surface area contributed by atoms with Crippen molar-refractivity contribution < 1.29 is 4.79 Å². The molecular weight excluding hydrogens is 230 g/mol. The Kier molecular flexibility index (Phi) is 6.30. The van der Waals surface area contributed by atoms with E-state index in [4.69, 9.17) is 0 Å². The monoisotopic (exact) mass is 251 g/mol. The van der Waals surface area contributed by atoms with Crippen molar-refractivity contribution in [3.63, 3.8) is 0 Å². The fourth-order valence-electron chi connectivity index (χ4n) is 1.72. The van der Waals surface area contributed by atoms with Crippen LogP contribution in [0.4, 0.5) is 0 Å². The number of thioether (sulfide) groups is 1.